The summed E-state index contributed by atoms with van der Waals surface area (Å²) in [6.07, 6.45) is 5.59. The van der Waals surface area contributed by atoms with Crippen LogP contribution in [0, 0.1) is 0 Å². The molecule has 0 bridgehead atoms. The largest absolute Gasteiger partial charge is 0.454 e. The van der Waals surface area contributed by atoms with Crippen LogP contribution >= 0.6 is 0 Å². The molecule has 214 valence electrons. The van der Waals surface area contributed by atoms with Crippen LogP contribution in [0.15, 0.2) is 149 Å². The van der Waals surface area contributed by atoms with Crippen LogP contribution in [0.5, 0.6) is 0 Å². The molecule has 0 N–H and O–H groups in total. The van der Waals surface area contributed by atoms with Crippen molar-refractivity contribution in [2.75, 3.05) is 0 Å². The molecule has 0 aliphatic carbocycles. The van der Waals surface area contributed by atoms with Gasteiger partial charge < -0.3 is 8.83 Å². The summed E-state index contributed by atoms with van der Waals surface area (Å²) in [5.74, 6) is 0. The van der Waals surface area contributed by atoms with Crippen molar-refractivity contribution in [1.29, 1.82) is 0 Å². The molecule has 0 unspecified atom stereocenters. The van der Waals surface area contributed by atoms with Gasteiger partial charge in [0, 0.05) is 57.2 Å². The van der Waals surface area contributed by atoms with E-state index in [9.17, 15) is 0 Å². The van der Waals surface area contributed by atoms with Crippen LogP contribution in [0.25, 0.3) is 99.2 Å². The van der Waals surface area contributed by atoms with E-state index in [-0.39, 0.29) is 0 Å². The Morgan fingerprint density at radius 1 is 0.391 bits per heavy atom. The minimum atomic E-state index is 0.766. The Kier molecular flexibility index (Phi) is 5.22. The summed E-state index contributed by atoms with van der Waals surface area (Å²) in [6, 6.07) is 41.6. The second kappa shape index (κ2) is 9.58. The summed E-state index contributed by atoms with van der Waals surface area (Å²) in [4.78, 5) is 14.1. The average molecular weight is 590 g/mol. The zero-order valence-corrected chi connectivity index (χ0v) is 24.4. The van der Waals surface area contributed by atoms with Gasteiger partial charge in [0.1, 0.15) is 22.2 Å². The second-order valence-electron chi connectivity index (χ2n) is 11.5. The number of aromatic nitrogens is 3. The monoisotopic (exact) mass is 589 g/mol. The van der Waals surface area contributed by atoms with Gasteiger partial charge in [0.15, 0.2) is 11.2 Å². The zero-order valence-electron chi connectivity index (χ0n) is 24.4. The highest BCUT2D eigenvalue weighted by molar-refractivity contribution is 6.25. The third-order valence-corrected chi connectivity index (χ3v) is 9.04. The smallest absolute Gasteiger partial charge is 0.161 e. The van der Waals surface area contributed by atoms with Gasteiger partial charge >= 0.3 is 0 Å². The Morgan fingerprint density at radius 2 is 0.913 bits per heavy atom. The fourth-order valence-electron chi connectivity index (χ4n) is 7.06. The van der Waals surface area contributed by atoms with Crippen molar-refractivity contribution in [3.63, 3.8) is 0 Å². The van der Waals surface area contributed by atoms with Gasteiger partial charge in [-0.3, -0.25) is 15.0 Å². The number of hydrogen-bond donors (Lipinski definition) is 0. The van der Waals surface area contributed by atoms with Crippen LogP contribution in [0.4, 0.5) is 0 Å². The van der Waals surface area contributed by atoms with Gasteiger partial charge in [0.05, 0.1) is 5.69 Å². The highest BCUT2D eigenvalue weighted by Crippen LogP contribution is 2.47. The predicted octanol–water partition coefficient (Wildman–Crippen LogP) is 11.0. The number of fused-ring (bicyclic) bond motifs is 8. The topological polar surface area (TPSA) is 65.0 Å². The molecule has 5 aromatic heterocycles. The van der Waals surface area contributed by atoms with E-state index in [1.165, 1.54) is 0 Å². The van der Waals surface area contributed by atoms with E-state index < -0.39 is 0 Å². The highest BCUT2D eigenvalue weighted by Gasteiger charge is 2.23. The molecule has 46 heavy (non-hydrogen) atoms. The van der Waals surface area contributed by atoms with Gasteiger partial charge in [-0.1, -0.05) is 66.7 Å². The summed E-state index contributed by atoms with van der Waals surface area (Å²) in [7, 11) is 0. The molecular formula is C41H23N3O2. The first-order valence-electron chi connectivity index (χ1n) is 15.3. The normalized spacial score (nSPS) is 11.9. The molecule has 0 saturated carbocycles. The van der Waals surface area contributed by atoms with Crippen LogP contribution in [0.2, 0.25) is 0 Å². The van der Waals surface area contributed by atoms with Crippen LogP contribution in [-0.2, 0) is 0 Å². The number of pyridine rings is 3. The molecule has 0 saturated heterocycles. The first-order valence-corrected chi connectivity index (χ1v) is 15.3. The van der Waals surface area contributed by atoms with E-state index in [1.807, 2.05) is 61.1 Å². The van der Waals surface area contributed by atoms with E-state index in [0.717, 1.165) is 99.2 Å². The summed E-state index contributed by atoms with van der Waals surface area (Å²) in [6.45, 7) is 0. The fourth-order valence-corrected chi connectivity index (χ4v) is 7.06. The maximum atomic E-state index is 6.63. The van der Waals surface area contributed by atoms with Crippen LogP contribution < -0.4 is 0 Å². The zero-order chi connectivity index (χ0) is 30.2. The minimum absolute atomic E-state index is 0.766. The van der Waals surface area contributed by atoms with Crippen LogP contribution in [-0.4, -0.2) is 15.0 Å². The van der Waals surface area contributed by atoms with E-state index in [4.69, 9.17) is 18.8 Å². The Hall–Kier alpha value is -6.33. The lowest BCUT2D eigenvalue weighted by Gasteiger charge is -2.17. The van der Waals surface area contributed by atoms with Crippen molar-refractivity contribution >= 4 is 65.7 Å². The Balaban J connectivity index is 1.29. The molecule has 10 aromatic rings. The highest BCUT2D eigenvalue weighted by atomic mass is 16.3. The maximum absolute atomic E-state index is 6.63. The average Bonchev–Trinajstić information content (AvgIpc) is 3.69. The second-order valence-corrected chi connectivity index (χ2v) is 11.5. The Bertz CT molecular complexity index is 2760. The molecule has 10 rings (SSSR count). The lowest BCUT2D eigenvalue weighted by atomic mass is 9.86. The van der Waals surface area contributed by atoms with Crippen molar-refractivity contribution in [2.45, 2.75) is 0 Å². The quantitative estimate of drug-likeness (QED) is 0.192. The Labute approximate surface area is 262 Å². The SMILES string of the molecule is c1ccc(-c2ccc3oc4c(-c5c6ccccc6c(-c6ccnc7c6oc6ccccc67)c6ccccc56)ccnc4c3c2)nc1. The van der Waals surface area contributed by atoms with Crippen LogP contribution in [0.1, 0.15) is 0 Å². The van der Waals surface area contributed by atoms with Crippen LogP contribution in [0.3, 0.4) is 0 Å². The summed E-state index contributed by atoms with van der Waals surface area (Å²) >= 11 is 0. The number of rotatable bonds is 3. The molecular weight excluding hydrogens is 566 g/mol. The predicted molar refractivity (Wildman–Crippen MR) is 186 cm³/mol. The molecule has 0 aliphatic rings. The molecule has 0 radical (unpaired) electrons. The molecule has 0 spiro atoms. The molecule has 0 amide bonds. The minimum Gasteiger partial charge on any atom is -0.454 e. The molecule has 0 atom stereocenters. The first-order chi connectivity index (χ1) is 22.8. The van der Waals surface area contributed by atoms with Crippen molar-refractivity contribution in [2.24, 2.45) is 0 Å². The lowest BCUT2D eigenvalue weighted by Crippen LogP contribution is -1.92. The Morgan fingerprint density at radius 3 is 1.50 bits per heavy atom. The van der Waals surface area contributed by atoms with E-state index >= 15 is 0 Å². The third kappa shape index (κ3) is 3.54. The number of para-hydroxylation sites is 1. The summed E-state index contributed by atoms with van der Waals surface area (Å²) < 4.78 is 13.1. The molecule has 5 heteroatoms. The third-order valence-electron chi connectivity index (χ3n) is 9.04. The molecule has 5 aromatic carbocycles. The summed E-state index contributed by atoms with van der Waals surface area (Å²) in [5, 5.41) is 6.48. The van der Waals surface area contributed by atoms with Gasteiger partial charge in [-0.25, -0.2) is 0 Å². The van der Waals surface area contributed by atoms with Gasteiger partial charge in [-0.15, -0.1) is 0 Å². The van der Waals surface area contributed by atoms with E-state index in [0.29, 0.717) is 0 Å². The van der Waals surface area contributed by atoms with Crippen molar-refractivity contribution in [1.82, 2.24) is 15.0 Å². The first kappa shape index (κ1) is 25.0. The lowest BCUT2D eigenvalue weighted by molar-refractivity contribution is 0.669. The number of hydrogen-bond acceptors (Lipinski definition) is 5. The van der Waals surface area contributed by atoms with Crippen molar-refractivity contribution in [3.05, 3.63) is 140 Å². The van der Waals surface area contributed by atoms with Gasteiger partial charge in [0.2, 0.25) is 0 Å². The van der Waals surface area contributed by atoms with E-state index in [1.54, 1.807) is 0 Å². The molecule has 0 fully saturated rings. The fraction of sp³-hybridized carbons (Fsp3) is 0. The standard InChI is InChI=1S/C41H23N3O2/c1-3-11-27-25(9-1)36(30-18-21-43-38-29-13-5-6-15-34(29)45-40(30)38)26-10-2-4-12-28(26)37(27)31-19-22-44-39-32-23-24(33-14-7-8-20-42-33)16-17-35(32)46-41(31)39/h1-23H. The number of furan rings is 2. The molecule has 5 nitrogen and oxygen atoms in total. The number of benzene rings is 5. The van der Waals surface area contributed by atoms with Crippen molar-refractivity contribution in [3.8, 4) is 33.5 Å². The van der Waals surface area contributed by atoms with Gasteiger partial charge in [0.25, 0.3) is 0 Å². The number of nitrogens with zero attached hydrogens (tertiary/aromatic N) is 3. The van der Waals surface area contributed by atoms with E-state index in [2.05, 4.69) is 83.8 Å². The van der Waals surface area contributed by atoms with Gasteiger partial charge in [-0.05, 0) is 76.1 Å². The molecule has 0 aliphatic heterocycles. The van der Waals surface area contributed by atoms with Crippen molar-refractivity contribution < 1.29 is 8.83 Å². The molecule has 5 heterocycles. The summed E-state index contributed by atoms with van der Waals surface area (Å²) in [5.41, 5.74) is 11.1. The maximum Gasteiger partial charge on any atom is 0.161 e. The van der Waals surface area contributed by atoms with Gasteiger partial charge in [-0.2, -0.15) is 0 Å².